The van der Waals surface area contributed by atoms with Crippen molar-refractivity contribution in [2.75, 3.05) is 19.6 Å². The van der Waals surface area contributed by atoms with E-state index in [1.807, 2.05) is 0 Å². The van der Waals surface area contributed by atoms with Crippen molar-refractivity contribution in [3.05, 3.63) is 29.8 Å². The van der Waals surface area contributed by atoms with Crippen LogP contribution < -0.4 is 15.4 Å². The van der Waals surface area contributed by atoms with E-state index in [1.54, 1.807) is 13.0 Å². The average molecular weight is 288 g/mol. The average Bonchev–Trinajstić information content (AvgIpc) is 2.37. The van der Waals surface area contributed by atoms with Gasteiger partial charge in [-0.05, 0) is 19.1 Å². The fourth-order valence-corrected chi connectivity index (χ4v) is 1.52. The number of alkyl halides is 2. The third-order valence-corrected chi connectivity index (χ3v) is 2.37. The maximum Gasteiger partial charge on any atom is 0.387 e. The van der Waals surface area contributed by atoms with E-state index < -0.39 is 18.6 Å². The first-order valence-corrected chi connectivity index (χ1v) is 6.21. The predicted octanol–water partition coefficient (Wildman–Crippen LogP) is 0.988. The molecule has 0 saturated carbocycles. The number of aliphatic hydroxyl groups is 1. The monoisotopic (exact) mass is 288 g/mol. The number of para-hydroxylation sites is 1. The van der Waals surface area contributed by atoms with Gasteiger partial charge in [-0.15, -0.1) is 0 Å². The third-order valence-electron chi connectivity index (χ3n) is 2.37. The van der Waals surface area contributed by atoms with Gasteiger partial charge in [0.2, 0.25) is 0 Å². The molecule has 1 amide bonds. The Bertz CT molecular complexity index is 428. The van der Waals surface area contributed by atoms with Crippen LogP contribution in [0.4, 0.5) is 8.78 Å². The molecular weight excluding hydrogens is 270 g/mol. The van der Waals surface area contributed by atoms with E-state index in [4.69, 9.17) is 5.11 Å². The molecule has 1 unspecified atom stereocenters. The van der Waals surface area contributed by atoms with E-state index in [0.29, 0.717) is 19.6 Å². The molecule has 0 heterocycles. The Labute approximate surface area is 115 Å². The summed E-state index contributed by atoms with van der Waals surface area (Å²) in [4.78, 5) is 11.8. The van der Waals surface area contributed by atoms with Crippen LogP contribution in [0.5, 0.6) is 5.75 Å². The fourth-order valence-electron chi connectivity index (χ4n) is 1.52. The topological polar surface area (TPSA) is 70.6 Å². The van der Waals surface area contributed by atoms with Crippen molar-refractivity contribution in [1.82, 2.24) is 10.6 Å². The lowest BCUT2D eigenvalue weighted by Gasteiger charge is -2.11. The van der Waals surface area contributed by atoms with Crippen LogP contribution in [0.1, 0.15) is 17.3 Å². The van der Waals surface area contributed by atoms with Crippen molar-refractivity contribution in [2.45, 2.75) is 19.6 Å². The Hall–Kier alpha value is -1.73. The molecule has 1 atom stereocenters. The molecule has 0 fully saturated rings. The molecule has 0 saturated heterocycles. The van der Waals surface area contributed by atoms with Crippen molar-refractivity contribution in [1.29, 1.82) is 0 Å². The minimum absolute atomic E-state index is 0.0586. The Balaban J connectivity index is 2.47. The van der Waals surface area contributed by atoms with Crippen LogP contribution >= 0.6 is 0 Å². The number of nitrogens with one attached hydrogen (secondary N) is 2. The first-order valence-electron chi connectivity index (χ1n) is 6.21. The first kappa shape index (κ1) is 16.3. The summed E-state index contributed by atoms with van der Waals surface area (Å²) in [6.45, 7) is -0.135. The molecule has 0 bridgehead atoms. The van der Waals surface area contributed by atoms with Crippen LogP contribution in [0.2, 0.25) is 0 Å². The van der Waals surface area contributed by atoms with Crippen LogP contribution in [-0.2, 0) is 0 Å². The summed E-state index contributed by atoms with van der Waals surface area (Å²) in [5.41, 5.74) is 0.0586. The number of benzene rings is 1. The van der Waals surface area contributed by atoms with Gasteiger partial charge < -0.3 is 20.5 Å². The van der Waals surface area contributed by atoms with Crippen molar-refractivity contribution < 1.29 is 23.4 Å². The van der Waals surface area contributed by atoms with Gasteiger partial charge in [-0.1, -0.05) is 12.1 Å². The first-order chi connectivity index (χ1) is 9.50. The Morgan fingerprint density at radius 1 is 1.35 bits per heavy atom. The number of aliphatic hydroxyl groups excluding tert-OH is 1. The molecule has 3 N–H and O–H groups in total. The summed E-state index contributed by atoms with van der Waals surface area (Å²) >= 11 is 0. The zero-order chi connectivity index (χ0) is 15.0. The fraction of sp³-hybridized carbons (Fsp3) is 0.462. The molecule has 5 nitrogen and oxygen atoms in total. The van der Waals surface area contributed by atoms with Gasteiger partial charge in [0.1, 0.15) is 5.75 Å². The Kier molecular flexibility index (Phi) is 6.89. The van der Waals surface area contributed by atoms with Gasteiger partial charge in [0.15, 0.2) is 0 Å². The van der Waals surface area contributed by atoms with Crippen molar-refractivity contribution in [3.8, 4) is 5.75 Å². The van der Waals surface area contributed by atoms with Crippen LogP contribution in [0.3, 0.4) is 0 Å². The minimum Gasteiger partial charge on any atom is -0.434 e. The normalized spacial score (nSPS) is 12.2. The molecule has 0 aromatic heterocycles. The SMILES string of the molecule is CC(O)CNCCNC(=O)c1ccccc1OC(F)F. The van der Waals surface area contributed by atoms with Gasteiger partial charge in [-0.25, -0.2) is 0 Å². The lowest BCUT2D eigenvalue weighted by Crippen LogP contribution is -2.34. The second kappa shape index (κ2) is 8.44. The minimum atomic E-state index is -2.98. The van der Waals surface area contributed by atoms with Crippen LogP contribution in [0.15, 0.2) is 24.3 Å². The number of amides is 1. The summed E-state index contributed by atoms with van der Waals surface area (Å²) < 4.78 is 28.7. The predicted molar refractivity (Wildman–Crippen MR) is 70.0 cm³/mol. The highest BCUT2D eigenvalue weighted by Gasteiger charge is 2.14. The number of ether oxygens (including phenoxy) is 1. The standard InChI is InChI=1S/C13H18F2N2O3/c1-9(18)8-16-6-7-17-12(19)10-4-2-3-5-11(10)20-13(14)15/h2-5,9,13,16,18H,6-8H2,1H3,(H,17,19). The van der Waals surface area contributed by atoms with Gasteiger partial charge in [0.25, 0.3) is 5.91 Å². The largest absolute Gasteiger partial charge is 0.434 e. The lowest BCUT2D eigenvalue weighted by molar-refractivity contribution is -0.0501. The number of rotatable bonds is 8. The van der Waals surface area contributed by atoms with E-state index >= 15 is 0 Å². The Morgan fingerprint density at radius 3 is 2.70 bits per heavy atom. The lowest BCUT2D eigenvalue weighted by atomic mass is 10.2. The van der Waals surface area contributed by atoms with E-state index in [0.717, 1.165) is 0 Å². The molecular formula is C13H18F2N2O3. The third kappa shape index (κ3) is 5.94. The molecule has 0 aliphatic rings. The number of carbonyl (C=O) groups is 1. The van der Waals surface area contributed by atoms with Gasteiger partial charge in [0.05, 0.1) is 11.7 Å². The molecule has 1 aromatic carbocycles. The van der Waals surface area contributed by atoms with Gasteiger partial charge in [0, 0.05) is 19.6 Å². The zero-order valence-corrected chi connectivity index (χ0v) is 11.1. The molecule has 1 aromatic rings. The van der Waals surface area contributed by atoms with Gasteiger partial charge in [-0.2, -0.15) is 8.78 Å². The summed E-state index contributed by atoms with van der Waals surface area (Å²) in [5.74, 6) is -0.642. The Morgan fingerprint density at radius 2 is 2.05 bits per heavy atom. The van der Waals surface area contributed by atoms with Crippen LogP contribution in [0.25, 0.3) is 0 Å². The smallest absolute Gasteiger partial charge is 0.387 e. The maximum atomic E-state index is 12.2. The number of carbonyl (C=O) groups excluding carboxylic acids is 1. The second-order valence-corrected chi connectivity index (χ2v) is 4.18. The summed E-state index contributed by atoms with van der Waals surface area (Å²) in [6.07, 6.45) is -0.467. The molecule has 0 spiro atoms. The molecule has 0 aliphatic heterocycles. The molecule has 20 heavy (non-hydrogen) atoms. The maximum absolute atomic E-state index is 12.2. The van der Waals surface area contributed by atoms with Crippen molar-refractivity contribution in [2.24, 2.45) is 0 Å². The van der Waals surface area contributed by atoms with E-state index in [2.05, 4.69) is 15.4 Å². The van der Waals surface area contributed by atoms with Gasteiger partial charge in [-0.3, -0.25) is 4.79 Å². The van der Waals surface area contributed by atoms with Crippen molar-refractivity contribution >= 4 is 5.91 Å². The molecule has 112 valence electrons. The van der Waals surface area contributed by atoms with Crippen LogP contribution in [-0.4, -0.2) is 43.4 Å². The summed E-state index contributed by atoms with van der Waals surface area (Å²) in [6, 6.07) is 5.81. The van der Waals surface area contributed by atoms with Crippen molar-refractivity contribution in [3.63, 3.8) is 0 Å². The quantitative estimate of drug-likeness (QED) is 0.624. The molecule has 7 heteroatoms. The molecule has 0 radical (unpaired) electrons. The van der Waals surface area contributed by atoms with Gasteiger partial charge >= 0.3 is 6.61 Å². The molecule has 1 rings (SSSR count). The second-order valence-electron chi connectivity index (χ2n) is 4.18. The highest BCUT2D eigenvalue weighted by molar-refractivity contribution is 5.96. The number of halogens is 2. The number of hydrogen-bond acceptors (Lipinski definition) is 4. The summed E-state index contributed by atoms with van der Waals surface area (Å²) in [7, 11) is 0. The number of hydrogen-bond donors (Lipinski definition) is 3. The summed E-state index contributed by atoms with van der Waals surface area (Å²) in [5, 5.41) is 14.5. The highest BCUT2D eigenvalue weighted by atomic mass is 19.3. The van der Waals surface area contributed by atoms with Crippen LogP contribution in [0, 0.1) is 0 Å². The van der Waals surface area contributed by atoms with E-state index in [-0.39, 0.29) is 11.3 Å². The zero-order valence-electron chi connectivity index (χ0n) is 11.1. The highest BCUT2D eigenvalue weighted by Crippen LogP contribution is 2.19. The van der Waals surface area contributed by atoms with E-state index in [1.165, 1.54) is 18.2 Å². The van der Waals surface area contributed by atoms with E-state index in [9.17, 15) is 13.6 Å². The molecule has 0 aliphatic carbocycles.